The lowest BCUT2D eigenvalue weighted by Gasteiger charge is -2.33. The molecule has 0 amide bonds. The van der Waals surface area contributed by atoms with Gasteiger partial charge in [-0.3, -0.25) is 0 Å². The largest absolute Gasteiger partial charge is 0.311 e. The second-order valence-electron chi connectivity index (χ2n) is 5.98. The molecule has 4 heteroatoms. The highest BCUT2D eigenvalue weighted by atomic mass is 15.5. The van der Waals surface area contributed by atoms with Gasteiger partial charge in [-0.05, 0) is 37.4 Å². The van der Waals surface area contributed by atoms with E-state index in [-0.39, 0.29) is 5.54 Å². The third-order valence-corrected chi connectivity index (χ3v) is 4.40. The molecule has 0 saturated carbocycles. The summed E-state index contributed by atoms with van der Waals surface area (Å²) in [5.74, 6) is 0.604. The number of hydrogen-bond donors (Lipinski definition) is 1. The van der Waals surface area contributed by atoms with E-state index in [0.29, 0.717) is 5.92 Å². The maximum atomic E-state index is 4.64. The molecular formula is C16H22N4. The molecule has 0 spiro atoms. The first-order valence-electron chi connectivity index (χ1n) is 7.41. The Kier molecular flexibility index (Phi) is 3.57. The fraction of sp³-hybridized carbons (Fsp3) is 0.500. The fourth-order valence-electron chi connectivity index (χ4n) is 3.06. The van der Waals surface area contributed by atoms with Gasteiger partial charge in [-0.15, -0.1) is 0 Å². The lowest BCUT2D eigenvalue weighted by Crippen LogP contribution is -2.46. The summed E-state index contributed by atoms with van der Waals surface area (Å²) in [7, 11) is 0. The highest BCUT2D eigenvalue weighted by Crippen LogP contribution is 2.30. The van der Waals surface area contributed by atoms with Crippen LogP contribution in [0, 0.1) is 5.92 Å². The number of aromatic nitrogens is 3. The van der Waals surface area contributed by atoms with Crippen molar-refractivity contribution in [3.8, 4) is 5.69 Å². The van der Waals surface area contributed by atoms with Gasteiger partial charge < -0.3 is 5.32 Å². The van der Waals surface area contributed by atoms with Gasteiger partial charge >= 0.3 is 0 Å². The molecule has 2 heterocycles. The first-order valence-corrected chi connectivity index (χ1v) is 7.41. The Balaban J connectivity index is 1.80. The van der Waals surface area contributed by atoms with E-state index >= 15 is 0 Å². The fourth-order valence-corrected chi connectivity index (χ4v) is 3.06. The summed E-state index contributed by atoms with van der Waals surface area (Å²) in [6.45, 7) is 5.70. The summed E-state index contributed by atoms with van der Waals surface area (Å²) in [6.07, 6.45) is 5.34. The average Bonchev–Trinajstić information content (AvgIpc) is 3.10. The van der Waals surface area contributed by atoms with Gasteiger partial charge in [0.05, 0.1) is 17.6 Å². The molecule has 20 heavy (non-hydrogen) atoms. The zero-order chi connectivity index (χ0) is 14.0. The standard InChI is InChI=1S/C16H22N4/c1-13(2)16(9-6-10-17-16)11-14-12-18-20(19-14)15-7-4-3-5-8-15/h3-5,7-8,12-13,17H,6,9-11H2,1-2H3. The van der Waals surface area contributed by atoms with E-state index in [1.54, 1.807) is 4.80 Å². The molecule has 1 aliphatic rings. The van der Waals surface area contributed by atoms with Crippen molar-refractivity contribution in [1.82, 2.24) is 20.3 Å². The third kappa shape index (κ3) is 2.48. The summed E-state index contributed by atoms with van der Waals surface area (Å²) in [6, 6.07) is 10.1. The second-order valence-corrected chi connectivity index (χ2v) is 5.98. The SMILES string of the molecule is CC(C)C1(Cc2cnn(-c3ccccc3)n2)CCCN1. The minimum atomic E-state index is 0.192. The van der Waals surface area contributed by atoms with E-state index in [4.69, 9.17) is 0 Å². The highest BCUT2D eigenvalue weighted by molar-refractivity contribution is 5.28. The van der Waals surface area contributed by atoms with Crippen molar-refractivity contribution >= 4 is 0 Å². The predicted molar refractivity (Wildman–Crippen MR) is 79.9 cm³/mol. The number of hydrogen-bond acceptors (Lipinski definition) is 3. The van der Waals surface area contributed by atoms with Crippen molar-refractivity contribution < 1.29 is 0 Å². The molecule has 106 valence electrons. The van der Waals surface area contributed by atoms with Gasteiger partial charge in [-0.2, -0.15) is 15.0 Å². The molecule has 2 aromatic rings. The monoisotopic (exact) mass is 270 g/mol. The number of nitrogens with zero attached hydrogens (tertiary/aromatic N) is 3. The Morgan fingerprint density at radius 1 is 1.30 bits per heavy atom. The molecule has 0 radical (unpaired) electrons. The van der Waals surface area contributed by atoms with Crippen molar-refractivity contribution in [3.63, 3.8) is 0 Å². The maximum Gasteiger partial charge on any atom is 0.0856 e. The number of nitrogens with one attached hydrogen (secondary N) is 1. The Hall–Kier alpha value is -1.68. The van der Waals surface area contributed by atoms with Crippen LogP contribution in [-0.2, 0) is 6.42 Å². The number of rotatable bonds is 4. The van der Waals surface area contributed by atoms with Crippen LogP contribution < -0.4 is 5.32 Å². The minimum Gasteiger partial charge on any atom is -0.311 e. The first kappa shape index (κ1) is 13.3. The first-order chi connectivity index (χ1) is 9.70. The van der Waals surface area contributed by atoms with E-state index < -0.39 is 0 Å². The van der Waals surface area contributed by atoms with Crippen LogP contribution in [0.15, 0.2) is 36.5 Å². The van der Waals surface area contributed by atoms with Gasteiger partial charge in [0.1, 0.15) is 0 Å². The van der Waals surface area contributed by atoms with Crippen molar-refractivity contribution in [3.05, 3.63) is 42.2 Å². The molecule has 1 aliphatic heterocycles. The highest BCUT2D eigenvalue weighted by Gasteiger charge is 2.37. The van der Waals surface area contributed by atoms with Gasteiger partial charge in [0.25, 0.3) is 0 Å². The van der Waals surface area contributed by atoms with Gasteiger partial charge in [0, 0.05) is 12.0 Å². The summed E-state index contributed by atoms with van der Waals surface area (Å²) in [5.41, 5.74) is 2.27. The molecule has 1 aromatic heterocycles. The van der Waals surface area contributed by atoms with E-state index in [2.05, 4.69) is 29.4 Å². The van der Waals surface area contributed by atoms with E-state index in [0.717, 1.165) is 24.3 Å². The lowest BCUT2D eigenvalue weighted by molar-refractivity contribution is 0.267. The Morgan fingerprint density at radius 2 is 2.10 bits per heavy atom. The quantitative estimate of drug-likeness (QED) is 0.928. The van der Waals surface area contributed by atoms with Gasteiger partial charge in [0.2, 0.25) is 0 Å². The van der Waals surface area contributed by atoms with E-state index in [1.807, 2.05) is 36.5 Å². The topological polar surface area (TPSA) is 42.7 Å². The second kappa shape index (κ2) is 5.37. The van der Waals surface area contributed by atoms with Crippen LogP contribution in [0.1, 0.15) is 32.4 Å². The van der Waals surface area contributed by atoms with Crippen LogP contribution in [0.2, 0.25) is 0 Å². The van der Waals surface area contributed by atoms with Crippen LogP contribution in [0.5, 0.6) is 0 Å². The maximum absolute atomic E-state index is 4.64. The molecule has 1 aromatic carbocycles. The number of benzene rings is 1. The number of para-hydroxylation sites is 1. The van der Waals surface area contributed by atoms with Crippen LogP contribution in [0.25, 0.3) is 5.69 Å². The van der Waals surface area contributed by atoms with E-state index in [1.165, 1.54) is 12.8 Å². The molecule has 1 N–H and O–H groups in total. The summed E-state index contributed by atoms with van der Waals surface area (Å²) < 4.78 is 0. The van der Waals surface area contributed by atoms with Gasteiger partial charge in [0.15, 0.2) is 0 Å². The molecule has 0 aliphatic carbocycles. The molecule has 4 nitrogen and oxygen atoms in total. The van der Waals surface area contributed by atoms with Crippen LogP contribution in [0.4, 0.5) is 0 Å². The van der Waals surface area contributed by atoms with Crippen molar-refractivity contribution in [2.24, 2.45) is 5.92 Å². The van der Waals surface area contributed by atoms with Crippen LogP contribution in [0.3, 0.4) is 0 Å². The summed E-state index contributed by atoms with van der Waals surface area (Å²) >= 11 is 0. The van der Waals surface area contributed by atoms with Crippen LogP contribution >= 0.6 is 0 Å². The molecule has 3 rings (SSSR count). The van der Waals surface area contributed by atoms with Crippen molar-refractivity contribution in [1.29, 1.82) is 0 Å². The van der Waals surface area contributed by atoms with Crippen molar-refractivity contribution in [2.75, 3.05) is 6.54 Å². The molecule has 0 bridgehead atoms. The third-order valence-electron chi connectivity index (χ3n) is 4.40. The average molecular weight is 270 g/mol. The van der Waals surface area contributed by atoms with E-state index in [9.17, 15) is 0 Å². The van der Waals surface area contributed by atoms with Crippen molar-refractivity contribution in [2.45, 2.75) is 38.6 Å². The smallest absolute Gasteiger partial charge is 0.0856 e. The molecule has 1 atom stereocenters. The minimum absolute atomic E-state index is 0.192. The van der Waals surface area contributed by atoms with Crippen LogP contribution in [-0.4, -0.2) is 27.1 Å². The molecule has 1 unspecified atom stereocenters. The summed E-state index contributed by atoms with van der Waals surface area (Å²) in [5, 5.41) is 12.7. The zero-order valence-electron chi connectivity index (χ0n) is 12.2. The molecular weight excluding hydrogens is 248 g/mol. The van der Waals surface area contributed by atoms with Gasteiger partial charge in [-0.1, -0.05) is 32.0 Å². The molecule has 1 saturated heterocycles. The Labute approximate surface area is 120 Å². The normalized spacial score (nSPS) is 22.6. The molecule has 1 fully saturated rings. The Bertz CT molecular complexity index is 553. The summed E-state index contributed by atoms with van der Waals surface area (Å²) in [4.78, 5) is 1.72. The lowest BCUT2D eigenvalue weighted by atomic mass is 9.81. The zero-order valence-corrected chi connectivity index (χ0v) is 12.2. The predicted octanol–water partition coefficient (Wildman–Crippen LogP) is 2.59. The Morgan fingerprint density at radius 3 is 2.75 bits per heavy atom. The van der Waals surface area contributed by atoms with Gasteiger partial charge in [-0.25, -0.2) is 0 Å².